The smallest absolute Gasteiger partial charge is 0.260 e. The predicted octanol–water partition coefficient (Wildman–Crippen LogP) is 11.6. The van der Waals surface area contributed by atoms with Crippen molar-refractivity contribution in [3.8, 4) is 19.5 Å². The highest BCUT2D eigenvalue weighted by Gasteiger charge is 2.45. The first-order chi connectivity index (χ1) is 23.9. The van der Waals surface area contributed by atoms with Crippen molar-refractivity contribution in [2.24, 2.45) is 11.8 Å². The van der Waals surface area contributed by atoms with Crippen LogP contribution >= 0.6 is 45.3 Å². The maximum Gasteiger partial charge on any atom is 0.260 e. The summed E-state index contributed by atoms with van der Waals surface area (Å²) in [6.45, 7) is 11.4. The van der Waals surface area contributed by atoms with Crippen molar-refractivity contribution in [3.63, 3.8) is 0 Å². The number of rotatable bonds is 18. The standard InChI is InChI=1S/C40H46N2O3S4/c1-5-9-11-26(7-3)21-41-23-30-37(39(41)36-20-18-34(49-36)32-16-14-29(25-44)47-32)40(45)42(22-27(8-4)12-10-6-2)38(30)35-19-17-33(48-35)31-15-13-28(24-43)46-31/h13-20,24-27H,5-12,21-23H2,1-4H3. The number of thiophene rings is 4. The fourth-order valence-electron chi connectivity index (χ4n) is 7.06. The van der Waals surface area contributed by atoms with Crippen molar-refractivity contribution in [2.45, 2.75) is 79.1 Å². The lowest BCUT2D eigenvalue weighted by Crippen LogP contribution is -2.33. The van der Waals surface area contributed by atoms with E-state index < -0.39 is 0 Å². The molecular weight excluding hydrogens is 685 g/mol. The average molecular weight is 731 g/mol. The van der Waals surface area contributed by atoms with Crippen LogP contribution in [0.2, 0.25) is 0 Å². The molecule has 0 radical (unpaired) electrons. The van der Waals surface area contributed by atoms with Crippen LogP contribution in [0.3, 0.4) is 0 Å². The number of hydrogen-bond donors (Lipinski definition) is 0. The third-order valence-electron chi connectivity index (χ3n) is 9.87. The number of nitrogens with zero attached hydrogens (tertiary/aromatic N) is 2. The summed E-state index contributed by atoms with van der Waals surface area (Å²) in [5.41, 5.74) is 4.17. The topological polar surface area (TPSA) is 57.7 Å². The molecule has 2 atom stereocenters. The van der Waals surface area contributed by atoms with E-state index in [1.807, 2.05) is 24.3 Å². The van der Waals surface area contributed by atoms with Crippen LogP contribution in [-0.4, -0.2) is 47.9 Å². The highest BCUT2D eigenvalue weighted by Crippen LogP contribution is 2.50. The summed E-state index contributed by atoms with van der Waals surface area (Å²) in [4.78, 5) is 50.5. The zero-order chi connectivity index (χ0) is 34.5. The van der Waals surface area contributed by atoms with Crippen molar-refractivity contribution in [2.75, 3.05) is 19.6 Å². The zero-order valence-corrected chi connectivity index (χ0v) is 32.2. The Morgan fingerprint density at radius 1 is 0.633 bits per heavy atom. The molecular formula is C40H46N2O3S4. The number of carbonyl (C=O) groups is 3. The zero-order valence-electron chi connectivity index (χ0n) is 29.0. The molecule has 4 aromatic rings. The van der Waals surface area contributed by atoms with E-state index in [1.165, 1.54) is 41.9 Å². The second-order valence-electron chi connectivity index (χ2n) is 13.1. The van der Waals surface area contributed by atoms with Crippen LogP contribution in [0.25, 0.3) is 30.9 Å². The minimum atomic E-state index is 0.127. The molecule has 0 N–H and O–H groups in total. The summed E-state index contributed by atoms with van der Waals surface area (Å²) in [6.07, 6.45) is 11.0. The van der Waals surface area contributed by atoms with Gasteiger partial charge in [-0.05, 0) is 73.2 Å². The molecule has 0 saturated carbocycles. The number of amides is 1. The summed E-state index contributed by atoms with van der Waals surface area (Å²) in [7, 11) is 0. The maximum absolute atomic E-state index is 14.9. The molecule has 2 aliphatic rings. The minimum absolute atomic E-state index is 0.127. The Kier molecular flexibility index (Phi) is 11.9. The number of fused-ring (bicyclic) bond motifs is 1. The summed E-state index contributed by atoms with van der Waals surface area (Å²) < 4.78 is 0. The highest BCUT2D eigenvalue weighted by molar-refractivity contribution is 7.24. The summed E-state index contributed by atoms with van der Waals surface area (Å²) in [6, 6.07) is 16.5. The molecule has 0 bridgehead atoms. The largest absolute Gasteiger partial charge is 0.365 e. The molecule has 0 aromatic carbocycles. The molecule has 2 aliphatic heterocycles. The van der Waals surface area contributed by atoms with E-state index >= 15 is 0 Å². The van der Waals surface area contributed by atoms with Gasteiger partial charge in [-0.3, -0.25) is 14.4 Å². The molecule has 2 unspecified atom stereocenters. The van der Waals surface area contributed by atoms with Gasteiger partial charge in [0, 0.05) is 44.7 Å². The molecule has 0 saturated heterocycles. The van der Waals surface area contributed by atoms with Gasteiger partial charge in [0.1, 0.15) is 0 Å². The molecule has 0 fully saturated rings. The third kappa shape index (κ3) is 7.51. The van der Waals surface area contributed by atoms with Crippen molar-refractivity contribution in [3.05, 3.63) is 79.2 Å². The van der Waals surface area contributed by atoms with Crippen LogP contribution in [-0.2, 0) is 4.79 Å². The number of unbranched alkanes of at least 4 members (excludes halogenated alkanes) is 2. The van der Waals surface area contributed by atoms with Crippen LogP contribution in [0, 0.1) is 11.8 Å². The SMILES string of the molecule is CCCCC(CC)CN1CC2=C(c3ccc(-c4ccc(C=O)s4)s3)N(CC(CC)CCCC)C(=O)C2=C1c1ccc(-c2ccc(C=O)s2)s1. The Morgan fingerprint density at radius 3 is 1.59 bits per heavy atom. The Balaban J connectivity index is 1.47. The van der Waals surface area contributed by atoms with Gasteiger partial charge in [-0.1, -0.05) is 66.2 Å². The van der Waals surface area contributed by atoms with Crippen LogP contribution < -0.4 is 0 Å². The van der Waals surface area contributed by atoms with Crippen molar-refractivity contribution < 1.29 is 14.4 Å². The normalized spacial score (nSPS) is 15.9. The Hall–Kier alpha value is -3.11. The van der Waals surface area contributed by atoms with Gasteiger partial charge >= 0.3 is 0 Å². The summed E-state index contributed by atoms with van der Waals surface area (Å²) >= 11 is 6.48. The fourth-order valence-corrected chi connectivity index (χ4v) is 11.1. The number of hydrogen-bond acceptors (Lipinski definition) is 8. The summed E-state index contributed by atoms with van der Waals surface area (Å²) in [5.74, 6) is 1.11. The van der Waals surface area contributed by atoms with Gasteiger partial charge in [0.05, 0.1) is 36.5 Å². The minimum Gasteiger partial charge on any atom is -0.365 e. The van der Waals surface area contributed by atoms with Gasteiger partial charge in [-0.2, -0.15) is 0 Å². The van der Waals surface area contributed by atoms with Gasteiger partial charge in [-0.25, -0.2) is 0 Å². The van der Waals surface area contributed by atoms with Gasteiger partial charge in [0.15, 0.2) is 12.6 Å². The molecule has 9 heteroatoms. The first-order valence-corrected chi connectivity index (χ1v) is 21.0. The van der Waals surface area contributed by atoms with E-state index in [4.69, 9.17) is 0 Å². The van der Waals surface area contributed by atoms with E-state index in [0.29, 0.717) is 11.8 Å². The molecule has 6 rings (SSSR count). The molecule has 0 spiro atoms. The van der Waals surface area contributed by atoms with E-state index in [1.54, 1.807) is 22.7 Å². The van der Waals surface area contributed by atoms with Gasteiger partial charge in [-0.15, -0.1) is 45.3 Å². The summed E-state index contributed by atoms with van der Waals surface area (Å²) in [5, 5.41) is 0. The van der Waals surface area contributed by atoms with Crippen molar-refractivity contribution >= 4 is 75.2 Å². The second-order valence-corrected chi connectivity index (χ2v) is 17.5. The Bertz CT molecular complexity index is 1850. The van der Waals surface area contributed by atoms with Gasteiger partial charge in [0.25, 0.3) is 5.91 Å². The monoisotopic (exact) mass is 730 g/mol. The maximum atomic E-state index is 14.9. The number of aldehydes is 2. The first kappa shape index (κ1) is 35.7. The Morgan fingerprint density at radius 2 is 1.10 bits per heavy atom. The third-order valence-corrected chi connectivity index (χ3v) is 14.5. The van der Waals surface area contributed by atoms with E-state index in [2.05, 4.69) is 61.8 Å². The predicted molar refractivity (Wildman–Crippen MR) is 210 cm³/mol. The van der Waals surface area contributed by atoms with Crippen LogP contribution in [0.15, 0.2) is 59.7 Å². The molecule has 0 aliphatic carbocycles. The lowest BCUT2D eigenvalue weighted by atomic mass is 9.98. The van der Waals surface area contributed by atoms with Gasteiger partial charge in [0.2, 0.25) is 0 Å². The fraction of sp³-hybridized carbons (Fsp3) is 0.425. The average Bonchev–Trinajstić information content (AvgIpc) is 3.97. The second kappa shape index (κ2) is 16.3. The van der Waals surface area contributed by atoms with Crippen molar-refractivity contribution in [1.82, 2.24) is 9.80 Å². The number of carbonyl (C=O) groups excluding carboxylic acids is 3. The molecule has 5 nitrogen and oxygen atoms in total. The van der Waals surface area contributed by atoms with E-state index in [0.717, 1.165) is 126 Å². The molecule has 258 valence electrons. The van der Waals surface area contributed by atoms with E-state index in [-0.39, 0.29) is 5.91 Å². The van der Waals surface area contributed by atoms with Crippen LogP contribution in [0.4, 0.5) is 0 Å². The molecule has 49 heavy (non-hydrogen) atoms. The molecule has 1 amide bonds. The lowest BCUT2D eigenvalue weighted by molar-refractivity contribution is -0.123. The molecule has 6 heterocycles. The van der Waals surface area contributed by atoms with Crippen LogP contribution in [0.5, 0.6) is 0 Å². The first-order valence-electron chi connectivity index (χ1n) is 17.8. The van der Waals surface area contributed by atoms with E-state index in [9.17, 15) is 14.4 Å². The quantitative estimate of drug-likeness (QED) is 0.0957. The lowest BCUT2D eigenvalue weighted by Gasteiger charge is -2.30. The highest BCUT2D eigenvalue weighted by atomic mass is 32.1. The van der Waals surface area contributed by atoms with Crippen molar-refractivity contribution in [1.29, 1.82) is 0 Å². The van der Waals surface area contributed by atoms with Crippen LogP contribution in [0.1, 0.15) is 108 Å². The van der Waals surface area contributed by atoms with Gasteiger partial charge < -0.3 is 9.80 Å². The Labute approximate surface area is 307 Å². The molecule has 4 aromatic heterocycles.